The maximum Gasteiger partial charge on any atom is 0.122 e. The third-order valence-electron chi connectivity index (χ3n) is 2.91. The fourth-order valence-corrected chi connectivity index (χ4v) is 2.30. The summed E-state index contributed by atoms with van der Waals surface area (Å²) in [4.78, 5) is 0. The summed E-state index contributed by atoms with van der Waals surface area (Å²) in [6.45, 7) is 2.24. The van der Waals surface area contributed by atoms with Gasteiger partial charge in [0.25, 0.3) is 0 Å². The molecule has 2 nitrogen and oxygen atoms in total. The average molecular weight is 226 g/mol. The van der Waals surface area contributed by atoms with E-state index in [1.807, 2.05) is 18.2 Å². The van der Waals surface area contributed by atoms with Crippen LogP contribution in [0.15, 0.2) is 18.2 Å². The summed E-state index contributed by atoms with van der Waals surface area (Å²) in [5.41, 5.74) is 1.22. The SMILES string of the molecule is COc1ccc(Cl)cc1CC1CCNC1. The minimum absolute atomic E-state index is 0.720. The molecule has 3 heteroatoms. The van der Waals surface area contributed by atoms with Gasteiger partial charge < -0.3 is 10.1 Å². The summed E-state index contributed by atoms with van der Waals surface area (Å²) < 4.78 is 5.33. The maximum absolute atomic E-state index is 5.99. The topological polar surface area (TPSA) is 21.3 Å². The van der Waals surface area contributed by atoms with Crippen LogP contribution in [-0.2, 0) is 6.42 Å². The minimum atomic E-state index is 0.720. The lowest BCUT2D eigenvalue weighted by molar-refractivity contribution is 0.405. The van der Waals surface area contributed by atoms with Crippen molar-refractivity contribution in [3.8, 4) is 5.75 Å². The Balaban J connectivity index is 2.14. The van der Waals surface area contributed by atoms with Gasteiger partial charge in [-0.15, -0.1) is 0 Å². The van der Waals surface area contributed by atoms with Crippen molar-refractivity contribution in [3.63, 3.8) is 0 Å². The molecule has 1 saturated heterocycles. The van der Waals surface area contributed by atoms with Crippen LogP contribution >= 0.6 is 11.6 Å². The van der Waals surface area contributed by atoms with Crippen molar-refractivity contribution >= 4 is 11.6 Å². The van der Waals surface area contributed by atoms with Crippen molar-refractivity contribution in [2.75, 3.05) is 20.2 Å². The Morgan fingerprint density at radius 1 is 1.53 bits per heavy atom. The highest BCUT2D eigenvalue weighted by Crippen LogP contribution is 2.26. The first kappa shape index (κ1) is 10.8. The van der Waals surface area contributed by atoms with Gasteiger partial charge in [0.05, 0.1) is 7.11 Å². The number of nitrogens with one attached hydrogen (secondary N) is 1. The largest absolute Gasteiger partial charge is 0.496 e. The van der Waals surface area contributed by atoms with E-state index in [0.717, 1.165) is 36.2 Å². The van der Waals surface area contributed by atoms with Gasteiger partial charge in [-0.1, -0.05) is 11.6 Å². The summed E-state index contributed by atoms with van der Waals surface area (Å²) in [6.07, 6.45) is 2.30. The summed E-state index contributed by atoms with van der Waals surface area (Å²) >= 11 is 5.99. The van der Waals surface area contributed by atoms with E-state index in [2.05, 4.69) is 5.32 Å². The highest BCUT2D eigenvalue weighted by molar-refractivity contribution is 6.30. The Morgan fingerprint density at radius 2 is 2.40 bits per heavy atom. The molecule has 1 aliphatic rings. The van der Waals surface area contributed by atoms with Crippen LogP contribution in [0.5, 0.6) is 5.75 Å². The van der Waals surface area contributed by atoms with E-state index in [9.17, 15) is 0 Å². The number of methoxy groups -OCH3 is 1. The lowest BCUT2D eigenvalue weighted by Gasteiger charge is -2.12. The predicted molar refractivity (Wildman–Crippen MR) is 62.7 cm³/mol. The number of ether oxygens (including phenoxy) is 1. The molecule has 1 aromatic rings. The molecule has 1 N–H and O–H groups in total. The van der Waals surface area contributed by atoms with Crippen LogP contribution < -0.4 is 10.1 Å². The second-order valence-corrected chi connectivity index (χ2v) is 4.46. The standard InChI is InChI=1S/C12H16ClNO/c1-15-12-3-2-11(13)7-10(12)6-9-4-5-14-8-9/h2-3,7,9,14H,4-6,8H2,1H3. The van der Waals surface area contributed by atoms with E-state index >= 15 is 0 Å². The van der Waals surface area contributed by atoms with Crippen molar-refractivity contribution in [1.82, 2.24) is 5.32 Å². The van der Waals surface area contributed by atoms with E-state index in [4.69, 9.17) is 16.3 Å². The van der Waals surface area contributed by atoms with Gasteiger partial charge in [-0.2, -0.15) is 0 Å². The van der Waals surface area contributed by atoms with Crippen LogP contribution in [-0.4, -0.2) is 20.2 Å². The molecule has 0 bridgehead atoms. The third kappa shape index (κ3) is 2.64. The Hall–Kier alpha value is -0.730. The number of benzene rings is 1. The van der Waals surface area contributed by atoms with Crippen molar-refractivity contribution in [3.05, 3.63) is 28.8 Å². The summed E-state index contributed by atoms with van der Waals surface area (Å²) in [5.74, 6) is 1.67. The van der Waals surface area contributed by atoms with Gasteiger partial charge >= 0.3 is 0 Å². The van der Waals surface area contributed by atoms with Gasteiger partial charge in [0.2, 0.25) is 0 Å². The molecule has 2 rings (SSSR count). The van der Waals surface area contributed by atoms with Gasteiger partial charge in [-0.3, -0.25) is 0 Å². The summed E-state index contributed by atoms with van der Waals surface area (Å²) in [5, 5.41) is 4.16. The normalized spacial score (nSPS) is 20.5. The zero-order chi connectivity index (χ0) is 10.7. The van der Waals surface area contributed by atoms with Gasteiger partial charge in [0.1, 0.15) is 5.75 Å². The number of halogens is 1. The van der Waals surface area contributed by atoms with Crippen molar-refractivity contribution < 1.29 is 4.74 Å². The highest BCUT2D eigenvalue weighted by Gasteiger charge is 2.16. The molecule has 1 aliphatic heterocycles. The predicted octanol–water partition coefficient (Wildman–Crippen LogP) is 2.50. The molecular formula is C12H16ClNO. The molecule has 0 radical (unpaired) electrons. The Kier molecular flexibility index (Phi) is 3.49. The molecule has 1 fully saturated rings. The summed E-state index contributed by atoms with van der Waals surface area (Å²) in [7, 11) is 1.71. The fraction of sp³-hybridized carbons (Fsp3) is 0.500. The van der Waals surface area contributed by atoms with E-state index in [1.54, 1.807) is 7.11 Å². The monoisotopic (exact) mass is 225 g/mol. The maximum atomic E-state index is 5.99. The molecule has 0 spiro atoms. The van der Waals surface area contributed by atoms with Crippen LogP contribution in [0.2, 0.25) is 5.02 Å². The molecule has 0 saturated carbocycles. The van der Waals surface area contributed by atoms with E-state index in [1.165, 1.54) is 12.0 Å². The van der Waals surface area contributed by atoms with Gasteiger partial charge in [0.15, 0.2) is 0 Å². The van der Waals surface area contributed by atoms with Gasteiger partial charge in [-0.25, -0.2) is 0 Å². The van der Waals surface area contributed by atoms with E-state index < -0.39 is 0 Å². The highest BCUT2D eigenvalue weighted by atomic mass is 35.5. The molecule has 0 amide bonds. The average Bonchev–Trinajstić information content (AvgIpc) is 2.71. The molecule has 15 heavy (non-hydrogen) atoms. The molecule has 0 aromatic heterocycles. The Morgan fingerprint density at radius 3 is 3.07 bits per heavy atom. The first-order valence-electron chi connectivity index (χ1n) is 5.32. The zero-order valence-electron chi connectivity index (χ0n) is 8.92. The minimum Gasteiger partial charge on any atom is -0.496 e. The first-order chi connectivity index (χ1) is 7.29. The molecule has 1 unspecified atom stereocenters. The summed E-state index contributed by atoms with van der Waals surface area (Å²) in [6, 6.07) is 5.83. The number of rotatable bonds is 3. The van der Waals surface area contributed by atoms with E-state index in [0.29, 0.717) is 0 Å². The lowest BCUT2D eigenvalue weighted by atomic mass is 9.98. The van der Waals surface area contributed by atoms with Gasteiger partial charge in [-0.05, 0) is 55.6 Å². The van der Waals surface area contributed by atoms with Crippen molar-refractivity contribution in [1.29, 1.82) is 0 Å². The van der Waals surface area contributed by atoms with Crippen LogP contribution in [0.4, 0.5) is 0 Å². The fourth-order valence-electron chi connectivity index (χ4n) is 2.11. The second-order valence-electron chi connectivity index (χ2n) is 4.02. The van der Waals surface area contributed by atoms with Crippen molar-refractivity contribution in [2.24, 2.45) is 5.92 Å². The van der Waals surface area contributed by atoms with E-state index in [-0.39, 0.29) is 0 Å². The van der Waals surface area contributed by atoms with Crippen LogP contribution in [0.3, 0.4) is 0 Å². The molecule has 0 aliphatic carbocycles. The quantitative estimate of drug-likeness (QED) is 0.854. The molecule has 1 aromatic carbocycles. The Bertz CT molecular complexity index is 334. The van der Waals surface area contributed by atoms with Gasteiger partial charge in [0, 0.05) is 5.02 Å². The first-order valence-corrected chi connectivity index (χ1v) is 5.70. The molecule has 1 heterocycles. The Labute approximate surface area is 95.6 Å². The lowest BCUT2D eigenvalue weighted by Crippen LogP contribution is -2.11. The number of hydrogen-bond donors (Lipinski definition) is 1. The molecular weight excluding hydrogens is 210 g/mol. The zero-order valence-corrected chi connectivity index (χ0v) is 9.68. The smallest absolute Gasteiger partial charge is 0.122 e. The molecule has 82 valence electrons. The van der Waals surface area contributed by atoms with Crippen LogP contribution in [0, 0.1) is 5.92 Å². The van der Waals surface area contributed by atoms with Crippen LogP contribution in [0.1, 0.15) is 12.0 Å². The number of hydrogen-bond acceptors (Lipinski definition) is 2. The molecule has 1 atom stereocenters. The second kappa shape index (κ2) is 4.86. The van der Waals surface area contributed by atoms with Crippen LogP contribution in [0.25, 0.3) is 0 Å². The van der Waals surface area contributed by atoms with Crippen molar-refractivity contribution in [2.45, 2.75) is 12.8 Å². The third-order valence-corrected chi connectivity index (χ3v) is 3.15.